The third kappa shape index (κ3) is 5.33. The molecule has 4 aromatic carbocycles. The van der Waals surface area contributed by atoms with E-state index in [1.807, 2.05) is 49.4 Å². The smallest absolute Gasteiger partial charge is 0.406 e. The monoisotopic (exact) mass is 575 g/mol. The van der Waals surface area contributed by atoms with Gasteiger partial charge in [-0.2, -0.15) is 4.99 Å². The number of fused-ring (bicyclic) bond motifs is 3. The van der Waals surface area contributed by atoms with E-state index in [0.29, 0.717) is 27.7 Å². The van der Waals surface area contributed by atoms with Crippen molar-refractivity contribution in [2.75, 3.05) is 16.0 Å². The van der Waals surface area contributed by atoms with E-state index >= 15 is 0 Å². The Bertz CT molecular complexity index is 1850. The molecule has 1 fully saturated rings. The predicted molar refractivity (Wildman–Crippen MR) is 153 cm³/mol. The van der Waals surface area contributed by atoms with E-state index in [-0.39, 0.29) is 17.4 Å². The topological polar surface area (TPSA) is 88.8 Å². The molecule has 8 nitrogen and oxygen atoms in total. The molecule has 1 N–H and O–H groups in total. The number of halogens is 3. The van der Waals surface area contributed by atoms with Crippen LogP contribution in [-0.2, 0) is 4.79 Å². The SMILES string of the molecule is Cc1ccccc1N1C(=O)CSC1=NC(=O)Nc1ccc2c(ccc3c2ncn3-c2ccc(OC(F)(F)F)cc2)c1. The zero-order valence-corrected chi connectivity index (χ0v) is 22.2. The Hall–Kier alpha value is -4.84. The molecule has 1 aliphatic rings. The summed E-state index contributed by atoms with van der Waals surface area (Å²) in [6.07, 6.45) is -3.17. The van der Waals surface area contributed by atoms with Gasteiger partial charge in [0.2, 0.25) is 5.91 Å². The van der Waals surface area contributed by atoms with Gasteiger partial charge in [0.15, 0.2) is 5.17 Å². The van der Waals surface area contributed by atoms with Gasteiger partial charge in [-0.25, -0.2) is 9.78 Å². The third-order valence-electron chi connectivity index (χ3n) is 6.45. The van der Waals surface area contributed by atoms with Gasteiger partial charge in [-0.1, -0.05) is 42.1 Å². The molecule has 12 heteroatoms. The lowest BCUT2D eigenvalue weighted by Crippen LogP contribution is -2.30. The number of aromatic nitrogens is 2. The zero-order chi connectivity index (χ0) is 28.7. The fourth-order valence-electron chi connectivity index (χ4n) is 4.64. The van der Waals surface area contributed by atoms with Crippen LogP contribution < -0.4 is 15.0 Å². The number of aryl methyl sites for hydroxylation is 1. The molecule has 2 heterocycles. The van der Waals surface area contributed by atoms with Crippen molar-refractivity contribution in [3.8, 4) is 11.4 Å². The number of carbonyl (C=O) groups is 2. The van der Waals surface area contributed by atoms with E-state index in [4.69, 9.17) is 0 Å². The van der Waals surface area contributed by atoms with Crippen molar-refractivity contribution in [3.05, 3.63) is 90.8 Å². The normalized spacial score (nSPS) is 14.8. The maximum Gasteiger partial charge on any atom is 0.573 e. The molecule has 1 saturated heterocycles. The maximum absolute atomic E-state index is 12.8. The van der Waals surface area contributed by atoms with Gasteiger partial charge in [0.25, 0.3) is 0 Å². The number of thioether (sulfide) groups is 1. The average Bonchev–Trinajstić information content (AvgIpc) is 3.52. The van der Waals surface area contributed by atoms with Crippen LogP contribution in [0, 0.1) is 6.92 Å². The van der Waals surface area contributed by atoms with Crippen molar-refractivity contribution in [3.63, 3.8) is 0 Å². The minimum Gasteiger partial charge on any atom is -0.406 e. The van der Waals surface area contributed by atoms with E-state index in [9.17, 15) is 22.8 Å². The van der Waals surface area contributed by atoms with Gasteiger partial charge in [0, 0.05) is 16.8 Å². The lowest BCUT2D eigenvalue weighted by molar-refractivity contribution is -0.274. The Kier molecular flexibility index (Phi) is 6.62. The second-order valence-corrected chi connectivity index (χ2v) is 10.1. The van der Waals surface area contributed by atoms with Gasteiger partial charge in [-0.3, -0.25) is 14.3 Å². The molecule has 1 aliphatic heterocycles. The number of imidazole rings is 1. The van der Waals surface area contributed by atoms with E-state index in [2.05, 4.69) is 20.0 Å². The molecule has 206 valence electrons. The van der Waals surface area contributed by atoms with Crippen molar-refractivity contribution in [1.82, 2.24) is 9.55 Å². The van der Waals surface area contributed by atoms with E-state index in [0.717, 1.165) is 21.9 Å². The Balaban J connectivity index is 1.23. The standard InChI is InChI=1S/C29H20F3N5O3S/c1-17-4-2-3-5-23(17)37-25(38)15-41-28(37)35-27(39)34-19-7-12-22-18(14-19)6-13-24-26(22)33-16-36(24)20-8-10-21(11-9-20)40-29(30,31)32/h2-14,16H,15H2,1H3,(H,34,39). The molecule has 6 rings (SSSR count). The van der Waals surface area contributed by atoms with Crippen LogP contribution in [0.2, 0.25) is 0 Å². The molecule has 0 atom stereocenters. The highest BCUT2D eigenvalue weighted by Gasteiger charge is 2.32. The van der Waals surface area contributed by atoms with E-state index in [1.54, 1.807) is 23.0 Å². The number of ether oxygens (including phenoxy) is 1. The highest BCUT2D eigenvalue weighted by atomic mass is 32.2. The van der Waals surface area contributed by atoms with Crippen molar-refractivity contribution in [2.24, 2.45) is 4.99 Å². The average molecular weight is 576 g/mol. The molecule has 0 radical (unpaired) electrons. The van der Waals surface area contributed by atoms with Crippen LogP contribution in [0.15, 0.2) is 90.2 Å². The van der Waals surface area contributed by atoms with Gasteiger partial charge < -0.3 is 10.1 Å². The predicted octanol–water partition coefficient (Wildman–Crippen LogP) is 7.05. The number of amidine groups is 1. The second kappa shape index (κ2) is 10.3. The molecule has 5 aromatic rings. The van der Waals surface area contributed by atoms with Gasteiger partial charge in [-0.05, 0) is 66.4 Å². The second-order valence-electron chi connectivity index (χ2n) is 9.15. The van der Waals surface area contributed by atoms with Gasteiger partial charge in [0.1, 0.15) is 12.1 Å². The zero-order valence-electron chi connectivity index (χ0n) is 21.3. The Morgan fingerprint density at radius 1 is 1.05 bits per heavy atom. The number of nitrogens with one attached hydrogen (secondary N) is 1. The number of rotatable bonds is 4. The molecule has 0 spiro atoms. The first kappa shape index (κ1) is 26.4. The largest absolute Gasteiger partial charge is 0.573 e. The summed E-state index contributed by atoms with van der Waals surface area (Å²) in [5, 5.41) is 4.72. The number of nitrogens with zero attached hydrogens (tertiary/aromatic N) is 4. The molecular weight excluding hydrogens is 555 g/mol. The summed E-state index contributed by atoms with van der Waals surface area (Å²) in [5.74, 6) is -0.252. The lowest BCUT2D eigenvalue weighted by Gasteiger charge is -2.18. The molecule has 0 aliphatic carbocycles. The van der Waals surface area contributed by atoms with Crippen molar-refractivity contribution in [1.29, 1.82) is 0 Å². The molecule has 1 aromatic heterocycles. The lowest BCUT2D eigenvalue weighted by atomic mass is 10.1. The molecule has 3 amide bonds. The number of amides is 3. The summed E-state index contributed by atoms with van der Waals surface area (Å²) in [4.78, 5) is 35.5. The van der Waals surface area contributed by atoms with E-state index < -0.39 is 12.4 Å². The summed E-state index contributed by atoms with van der Waals surface area (Å²) >= 11 is 1.21. The molecule has 41 heavy (non-hydrogen) atoms. The summed E-state index contributed by atoms with van der Waals surface area (Å²) in [7, 11) is 0. The number of urea groups is 1. The fraction of sp³-hybridized carbons (Fsp3) is 0.103. The summed E-state index contributed by atoms with van der Waals surface area (Å²) in [6.45, 7) is 1.89. The maximum atomic E-state index is 12.8. The molecular formula is C29H20F3N5O3S. The van der Waals surface area contributed by atoms with Crippen LogP contribution >= 0.6 is 11.8 Å². The van der Waals surface area contributed by atoms with Crippen molar-refractivity contribution < 1.29 is 27.5 Å². The molecule has 0 unspecified atom stereocenters. The van der Waals surface area contributed by atoms with Crippen LogP contribution in [0.25, 0.3) is 27.5 Å². The van der Waals surface area contributed by atoms with Crippen LogP contribution in [0.1, 0.15) is 5.56 Å². The Labute approximate surface area is 235 Å². The number of hydrogen-bond acceptors (Lipinski definition) is 5. The number of para-hydroxylation sites is 1. The highest BCUT2D eigenvalue weighted by molar-refractivity contribution is 8.15. The van der Waals surface area contributed by atoms with E-state index in [1.165, 1.54) is 40.9 Å². The number of carbonyl (C=O) groups excluding carboxylic acids is 2. The first-order valence-electron chi connectivity index (χ1n) is 12.3. The Morgan fingerprint density at radius 3 is 2.59 bits per heavy atom. The minimum absolute atomic E-state index is 0.143. The van der Waals surface area contributed by atoms with Crippen LogP contribution in [0.3, 0.4) is 0 Å². The van der Waals surface area contributed by atoms with Crippen LogP contribution in [0.4, 0.5) is 29.3 Å². The summed E-state index contributed by atoms with van der Waals surface area (Å²) < 4.78 is 43.2. The first-order valence-corrected chi connectivity index (χ1v) is 13.3. The number of benzene rings is 4. The fourth-order valence-corrected chi connectivity index (χ4v) is 5.49. The Morgan fingerprint density at radius 2 is 1.83 bits per heavy atom. The number of hydrogen-bond donors (Lipinski definition) is 1. The number of alkyl halides is 3. The van der Waals surface area contributed by atoms with Gasteiger partial charge in [0.05, 0.1) is 22.5 Å². The first-order chi connectivity index (χ1) is 19.7. The quantitative estimate of drug-likeness (QED) is 0.248. The summed E-state index contributed by atoms with van der Waals surface area (Å²) in [5.41, 5.74) is 4.16. The number of anilines is 2. The van der Waals surface area contributed by atoms with Crippen molar-refractivity contribution in [2.45, 2.75) is 13.3 Å². The highest BCUT2D eigenvalue weighted by Crippen LogP contribution is 2.31. The van der Waals surface area contributed by atoms with Gasteiger partial charge >= 0.3 is 12.4 Å². The van der Waals surface area contributed by atoms with Gasteiger partial charge in [-0.15, -0.1) is 13.2 Å². The summed E-state index contributed by atoms with van der Waals surface area (Å²) in [6, 6.07) is 21.4. The minimum atomic E-state index is -4.76. The number of aliphatic imine (C=N–C) groups is 1. The third-order valence-corrected chi connectivity index (χ3v) is 7.37. The van der Waals surface area contributed by atoms with Crippen LogP contribution in [-0.4, -0.2) is 38.8 Å². The van der Waals surface area contributed by atoms with Crippen LogP contribution in [0.5, 0.6) is 5.75 Å². The van der Waals surface area contributed by atoms with Crippen molar-refractivity contribution >= 4 is 62.0 Å². The molecule has 0 saturated carbocycles. The molecule has 0 bridgehead atoms.